The van der Waals surface area contributed by atoms with Gasteiger partial charge in [0.05, 0.1) is 11.4 Å². The first-order chi connectivity index (χ1) is 12.9. The van der Waals surface area contributed by atoms with Crippen LogP contribution in [0, 0.1) is 6.92 Å². The van der Waals surface area contributed by atoms with E-state index in [0.717, 1.165) is 25.0 Å². The molecule has 142 valence electrons. The van der Waals surface area contributed by atoms with E-state index >= 15 is 0 Å². The van der Waals surface area contributed by atoms with Gasteiger partial charge in [0, 0.05) is 38.4 Å². The Balaban J connectivity index is 1.60. The van der Waals surface area contributed by atoms with Crippen molar-refractivity contribution in [2.24, 2.45) is 0 Å². The summed E-state index contributed by atoms with van der Waals surface area (Å²) in [5.74, 6) is 0.707. The normalized spacial score (nSPS) is 16.4. The Kier molecular flexibility index (Phi) is 4.01. The van der Waals surface area contributed by atoms with E-state index in [9.17, 15) is 13.2 Å². The van der Waals surface area contributed by atoms with Gasteiger partial charge in [0.1, 0.15) is 23.2 Å². The highest BCUT2D eigenvalue weighted by molar-refractivity contribution is 5.58. The molecule has 0 fully saturated rings. The number of hydrogen-bond donors (Lipinski definition) is 2. The van der Waals surface area contributed by atoms with Crippen LogP contribution < -0.4 is 10.6 Å². The Bertz CT molecular complexity index is 974. The zero-order valence-electron chi connectivity index (χ0n) is 14.6. The van der Waals surface area contributed by atoms with Crippen LogP contribution >= 0.6 is 0 Å². The van der Waals surface area contributed by atoms with Gasteiger partial charge in [0.25, 0.3) is 0 Å². The highest BCUT2D eigenvalue weighted by Gasteiger charge is 2.35. The Morgan fingerprint density at radius 1 is 1.26 bits per heavy atom. The smallest absolute Gasteiger partial charge is 0.372 e. The van der Waals surface area contributed by atoms with Gasteiger partial charge in [-0.05, 0) is 13.3 Å². The number of anilines is 3. The van der Waals surface area contributed by atoms with E-state index in [4.69, 9.17) is 0 Å². The van der Waals surface area contributed by atoms with Crippen LogP contribution in [0.2, 0.25) is 0 Å². The number of aryl methyl sites for hydroxylation is 2. The summed E-state index contributed by atoms with van der Waals surface area (Å²) in [6.45, 7) is 2.68. The van der Waals surface area contributed by atoms with Crippen molar-refractivity contribution in [3.63, 3.8) is 0 Å². The van der Waals surface area contributed by atoms with Gasteiger partial charge in [-0.25, -0.2) is 9.97 Å². The third-order valence-electron chi connectivity index (χ3n) is 4.50. The van der Waals surface area contributed by atoms with Crippen molar-refractivity contribution < 1.29 is 13.2 Å². The standard InChI is InChI=1S/C16H17F3N8/c1-9-11(8-27(25-9)12-3-5-26-6-4-21-14(12)26)23-15-22-7-10(16(17,18)19)13(20-2)24-15/h4,6-8,12H,3,5H2,1-2H3,(H2,20,22,23,24). The Hall–Kier alpha value is -3.11. The van der Waals surface area contributed by atoms with Crippen molar-refractivity contribution in [1.29, 1.82) is 0 Å². The average Bonchev–Trinajstić information content (AvgIpc) is 3.30. The van der Waals surface area contributed by atoms with Crippen LogP contribution in [0.1, 0.15) is 29.5 Å². The van der Waals surface area contributed by atoms with Gasteiger partial charge < -0.3 is 15.2 Å². The second-order valence-electron chi connectivity index (χ2n) is 6.22. The van der Waals surface area contributed by atoms with Crippen LogP contribution in [-0.4, -0.2) is 36.3 Å². The molecule has 0 amide bonds. The van der Waals surface area contributed by atoms with Gasteiger partial charge in [-0.2, -0.15) is 23.3 Å². The molecular weight excluding hydrogens is 361 g/mol. The molecule has 1 atom stereocenters. The summed E-state index contributed by atoms with van der Waals surface area (Å²) in [6, 6.07) is 0.0237. The molecule has 4 rings (SSSR count). The molecule has 0 radical (unpaired) electrons. The summed E-state index contributed by atoms with van der Waals surface area (Å²) in [5.41, 5.74) is 0.400. The molecule has 0 spiro atoms. The molecule has 0 saturated carbocycles. The van der Waals surface area contributed by atoms with Crippen LogP contribution in [0.3, 0.4) is 0 Å². The second-order valence-corrected chi connectivity index (χ2v) is 6.22. The van der Waals surface area contributed by atoms with E-state index in [2.05, 4.69) is 35.3 Å². The van der Waals surface area contributed by atoms with Gasteiger partial charge in [0.15, 0.2) is 0 Å². The fraction of sp³-hybridized carbons (Fsp3) is 0.375. The third-order valence-corrected chi connectivity index (χ3v) is 4.50. The van der Waals surface area contributed by atoms with E-state index in [1.807, 2.05) is 17.8 Å². The van der Waals surface area contributed by atoms with Crippen molar-refractivity contribution in [1.82, 2.24) is 29.3 Å². The molecule has 0 saturated heterocycles. The number of fused-ring (bicyclic) bond motifs is 1. The minimum atomic E-state index is -4.53. The quantitative estimate of drug-likeness (QED) is 0.726. The summed E-state index contributed by atoms with van der Waals surface area (Å²) < 4.78 is 42.8. The van der Waals surface area contributed by atoms with Crippen LogP contribution in [0.4, 0.5) is 30.6 Å². The second kappa shape index (κ2) is 6.25. The lowest BCUT2D eigenvalue weighted by molar-refractivity contribution is -0.137. The van der Waals surface area contributed by atoms with Crippen molar-refractivity contribution in [2.45, 2.75) is 32.1 Å². The van der Waals surface area contributed by atoms with Crippen molar-refractivity contribution >= 4 is 17.5 Å². The maximum atomic E-state index is 13.0. The molecule has 3 aromatic rings. The van der Waals surface area contributed by atoms with Crippen LogP contribution in [-0.2, 0) is 12.7 Å². The molecule has 0 bridgehead atoms. The number of imidazole rings is 1. The summed E-state index contributed by atoms with van der Waals surface area (Å²) >= 11 is 0. The van der Waals surface area contributed by atoms with Gasteiger partial charge in [0.2, 0.25) is 5.95 Å². The van der Waals surface area contributed by atoms with E-state index in [0.29, 0.717) is 11.4 Å². The topological polar surface area (TPSA) is 85.5 Å². The summed E-state index contributed by atoms with van der Waals surface area (Å²) in [7, 11) is 1.38. The number of halogens is 3. The fourth-order valence-electron chi connectivity index (χ4n) is 3.17. The molecular formula is C16H17F3N8. The summed E-state index contributed by atoms with van der Waals surface area (Å²) in [5, 5.41) is 9.92. The number of rotatable bonds is 4. The molecule has 1 aliphatic rings. The molecule has 11 heteroatoms. The lowest BCUT2D eigenvalue weighted by Crippen LogP contribution is -2.12. The van der Waals surface area contributed by atoms with Gasteiger partial charge in [-0.15, -0.1) is 0 Å². The molecule has 1 aliphatic heterocycles. The van der Waals surface area contributed by atoms with Crippen LogP contribution in [0.5, 0.6) is 0 Å². The van der Waals surface area contributed by atoms with E-state index in [1.54, 1.807) is 12.4 Å². The number of hydrogen-bond acceptors (Lipinski definition) is 6. The molecule has 0 aromatic carbocycles. The summed E-state index contributed by atoms with van der Waals surface area (Å²) in [4.78, 5) is 12.1. The molecule has 1 unspecified atom stereocenters. The largest absolute Gasteiger partial charge is 0.421 e. The zero-order valence-corrected chi connectivity index (χ0v) is 14.6. The van der Waals surface area contributed by atoms with E-state index in [-0.39, 0.29) is 17.8 Å². The molecule has 2 N–H and O–H groups in total. The van der Waals surface area contributed by atoms with Gasteiger partial charge in [-0.1, -0.05) is 0 Å². The maximum absolute atomic E-state index is 13.0. The maximum Gasteiger partial charge on any atom is 0.421 e. The lowest BCUT2D eigenvalue weighted by atomic mass is 10.2. The highest BCUT2D eigenvalue weighted by atomic mass is 19.4. The molecule has 3 aromatic heterocycles. The van der Waals surface area contributed by atoms with Crippen molar-refractivity contribution in [3.05, 3.63) is 41.9 Å². The SMILES string of the molecule is CNc1nc(Nc2cn(C3CCn4ccnc43)nc2C)ncc1C(F)(F)F. The fourth-order valence-corrected chi connectivity index (χ4v) is 3.17. The third kappa shape index (κ3) is 3.09. The predicted octanol–water partition coefficient (Wildman–Crippen LogP) is 2.98. The molecule has 8 nitrogen and oxygen atoms in total. The van der Waals surface area contributed by atoms with E-state index in [1.165, 1.54) is 7.05 Å². The number of alkyl halides is 3. The monoisotopic (exact) mass is 378 g/mol. The zero-order chi connectivity index (χ0) is 19.2. The van der Waals surface area contributed by atoms with Gasteiger partial charge >= 0.3 is 6.18 Å². The van der Waals surface area contributed by atoms with Crippen molar-refractivity contribution in [2.75, 3.05) is 17.7 Å². The predicted molar refractivity (Wildman–Crippen MR) is 91.8 cm³/mol. The first kappa shape index (κ1) is 17.3. The Morgan fingerprint density at radius 3 is 2.81 bits per heavy atom. The molecule has 4 heterocycles. The number of aromatic nitrogens is 6. The number of nitrogens with one attached hydrogen (secondary N) is 2. The van der Waals surface area contributed by atoms with E-state index < -0.39 is 11.7 Å². The van der Waals surface area contributed by atoms with Crippen LogP contribution in [0.15, 0.2) is 24.8 Å². The van der Waals surface area contributed by atoms with Crippen LogP contribution in [0.25, 0.3) is 0 Å². The first-order valence-electron chi connectivity index (χ1n) is 8.32. The number of nitrogens with zero attached hydrogens (tertiary/aromatic N) is 6. The Morgan fingerprint density at radius 2 is 2.07 bits per heavy atom. The highest BCUT2D eigenvalue weighted by Crippen LogP contribution is 2.34. The lowest BCUT2D eigenvalue weighted by Gasteiger charge is -2.12. The van der Waals surface area contributed by atoms with Gasteiger partial charge in [-0.3, -0.25) is 4.68 Å². The average molecular weight is 378 g/mol. The minimum absolute atomic E-state index is 0.0237. The van der Waals surface area contributed by atoms with Crippen molar-refractivity contribution in [3.8, 4) is 0 Å². The Labute approximate surface area is 152 Å². The molecule has 27 heavy (non-hydrogen) atoms. The molecule has 0 aliphatic carbocycles. The first-order valence-corrected chi connectivity index (χ1v) is 8.32. The minimum Gasteiger partial charge on any atom is -0.372 e. The summed E-state index contributed by atoms with van der Waals surface area (Å²) in [6.07, 6.45) is 2.60.